The summed E-state index contributed by atoms with van der Waals surface area (Å²) in [6, 6.07) is 0. The fourth-order valence-electron chi connectivity index (χ4n) is 2.71. The Hall–Kier alpha value is -0.560. The van der Waals surface area contributed by atoms with Gasteiger partial charge in [0.25, 0.3) is 0 Å². The van der Waals surface area contributed by atoms with Crippen LogP contribution in [0.15, 0.2) is 0 Å². The molecule has 15 heavy (non-hydrogen) atoms. The lowest BCUT2D eigenvalue weighted by Crippen LogP contribution is -2.60. The van der Waals surface area contributed by atoms with E-state index in [0.29, 0.717) is 12.8 Å². The second-order valence-corrected chi connectivity index (χ2v) is 5.72. The van der Waals surface area contributed by atoms with Crippen LogP contribution in [0.2, 0.25) is 0 Å². The van der Waals surface area contributed by atoms with Crippen molar-refractivity contribution in [3.8, 4) is 12.3 Å². The summed E-state index contributed by atoms with van der Waals surface area (Å²) in [5.41, 5.74) is -0.686. The van der Waals surface area contributed by atoms with Gasteiger partial charge in [-0.25, -0.2) is 0 Å². The van der Waals surface area contributed by atoms with Crippen molar-refractivity contribution in [3.05, 3.63) is 0 Å². The van der Waals surface area contributed by atoms with E-state index in [4.69, 9.17) is 6.42 Å². The number of hydrogen-bond donors (Lipinski definition) is 2. The molecule has 0 aromatic heterocycles. The van der Waals surface area contributed by atoms with Gasteiger partial charge in [0, 0.05) is 11.1 Å². The van der Waals surface area contributed by atoms with E-state index >= 15 is 0 Å². The molecule has 0 radical (unpaired) electrons. The summed E-state index contributed by atoms with van der Waals surface area (Å²) in [7, 11) is 0. The number of nitrogens with zero attached hydrogens (tertiary/aromatic N) is 1. The fraction of sp³-hybridized carbons (Fsp3) is 0.833. The molecule has 0 aliphatic carbocycles. The monoisotopic (exact) mass is 211 g/mol. The lowest BCUT2D eigenvalue weighted by molar-refractivity contribution is -0.254. The SMILES string of the molecule is C#CC(O)C1CC(C)(C)N(O)C(C)(C)C1. The largest absolute Gasteiger partial charge is 0.380 e. The maximum Gasteiger partial charge on any atom is 0.117 e. The Morgan fingerprint density at radius 2 is 1.67 bits per heavy atom. The van der Waals surface area contributed by atoms with Crippen molar-refractivity contribution in [2.75, 3.05) is 0 Å². The van der Waals surface area contributed by atoms with Gasteiger partial charge in [-0.3, -0.25) is 0 Å². The van der Waals surface area contributed by atoms with Gasteiger partial charge in [-0.2, -0.15) is 5.06 Å². The van der Waals surface area contributed by atoms with E-state index in [1.165, 1.54) is 5.06 Å². The highest BCUT2D eigenvalue weighted by Gasteiger charge is 2.46. The van der Waals surface area contributed by atoms with Crippen LogP contribution in [0.25, 0.3) is 0 Å². The first kappa shape index (κ1) is 12.5. The van der Waals surface area contributed by atoms with Crippen LogP contribution in [0.1, 0.15) is 40.5 Å². The van der Waals surface area contributed by atoms with Crippen LogP contribution in [0.5, 0.6) is 0 Å². The summed E-state index contributed by atoms with van der Waals surface area (Å²) in [5.74, 6) is 2.44. The Morgan fingerprint density at radius 3 is 2.00 bits per heavy atom. The first-order chi connectivity index (χ1) is 6.70. The molecule has 3 nitrogen and oxygen atoms in total. The molecule has 0 spiro atoms. The van der Waals surface area contributed by atoms with Crippen LogP contribution in [0.3, 0.4) is 0 Å². The van der Waals surface area contributed by atoms with Gasteiger partial charge in [-0.1, -0.05) is 5.92 Å². The second kappa shape index (κ2) is 3.79. The van der Waals surface area contributed by atoms with E-state index in [9.17, 15) is 10.3 Å². The van der Waals surface area contributed by atoms with Crippen LogP contribution >= 0.6 is 0 Å². The number of terminal acetylenes is 1. The van der Waals surface area contributed by atoms with E-state index in [1.54, 1.807) is 0 Å². The summed E-state index contributed by atoms with van der Waals surface area (Å²) in [4.78, 5) is 0. The minimum absolute atomic E-state index is 0.0587. The average molecular weight is 211 g/mol. The molecular formula is C12H21NO2. The lowest BCUT2D eigenvalue weighted by Gasteiger charge is -2.51. The highest BCUT2D eigenvalue weighted by Crippen LogP contribution is 2.40. The molecule has 1 atom stereocenters. The van der Waals surface area contributed by atoms with Gasteiger partial charge in [-0.15, -0.1) is 6.42 Å². The molecule has 0 amide bonds. The molecule has 0 aromatic rings. The second-order valence-electron chi connectivity index (χ2n) is 5.72. The first-order valence-electron chi connectivity index (χ1n) is 5.34. The molecule has 0 bridgehead atoms. The van der Waals surface area contributed by atoms with Crippen LogP contribution in [0.4, 0.5) is 0 Å². The molecule has 1 rings (SSSR count). The van der Waals surface area contributed by atoms with Gasteiger partial charge in [0.15, 0.2) is 0 Å². The first-order valence-corrected chi connectivity index (χ1v) is 5.34. The molecule has 0 saturated carbocycles. The van der Waals surface area contributed by atoms with Crippen LogP contribution in [-0.4, -0.2) is 32.6 Å². The highest BCUT2D eigenvalue weighted by atomic mass is 16.5. The van der Waals surface area contributed by atoms with E-state index in [0.717, 1.165) is 0 Å². The van der Waals surface area contributed by atoms with Crippen molar-refractivity contribution < 1.29 is 10.3 Å². The van der Waals surface area contributed by atoms with Crippen LogP contribution in [0, 0.1) is 18.3 Å². The normalized spacial score (nSPS) is 28.3. The molecule has 3 heteroatoms. The molecule has 1 saturated heterocycles. The van der Waals surface area contributed by atoms with Crippen molar-refractivity contribution >= 4 is 0 Å². The van der Waals surface area contributed by atoms with Gasteiger partial charge in [0.1, 0.15) is 6.10 Å². The van der Waals surface area contributed by atoms with E-state index in [1.807, 2.05) is 27.7 Å². The summed E-state index contributed by atoms with van der Waals surface area (Å²) in [6.45, 7) is 7.85. The summed E-state index contributed by atoms with van der Waals surface area (Å²) in [5, 5.41) is 21.1. The predicted molar refractivity (Wildman–Crippen MR) is 59.3 cm³/mol. The molecule has 2 N–H and O–H groups in total. The Balaban J connectivity index is 2.90. The predicted octanol–water partition coefficient (Wildman–Crippen LogP) is 1.64. The Kier molecular flexibility index (Phi) is 3.16. The Morgan fingerprint density at radius 1 is 1.27 bits per heavy atom. The Labute approximate surface area is 92.0 Å². The van der Waals surface area contributed by atoms with Crippen molar-refractivity contribution in [1.82, 2.24) is 5.06 Å². The third kappa shape index (κ3) is 2.34. The van der Waals surface area contributed by atoms with Crippen molar-refractivity contribution in [1.29, 1.82) is 0 Å². The number of rotatable bonds is 1. The quantitative estimate of drug-likeness (QED) is 0.648. The molecule has 1 fully saturated rings. The zero-order valence-electron chi connectivity index (χ0n) is 9.99. The molecule has 1 heterocycles. The van der Waals surface area contributed by atoms with Gasteiger partial charge in [0.2, 0.25) is 0 Å². The van der Waals surface area contributed by atoms with Gasteiger partial charge in [-0.05, 0) is 46.5 Å². The highest BCUT2D eigenvalue weighted by molar-refractivity contribution is 5.04. The summed E-state index contributed by atoms with van der Waals surface area (Å²) >= 11 is 0. The number of hydroxylamine groups is 2. The number of aliphatic hydroxyl groups excluding tert-OH is 1. The van der Waals surface area contributed by atoms with Crippen molar-refractivity contribution in [2.45, 2.75) is 57.7 Å². The number of piperidine rings is 1. The zero-order valence-corrected chi connectivity index (χ0v) is 9.99. The standard InChI is InChI=1S/C12H21NO2/c1-6-10(14)9-7-11(2,3)13(15)12(4,5)8-9/h1,9-10,14-15H,7-8H2,2-5H3. The van der Waals surface area contributed by atoms with Gasteiger partial charge in [0.05, 0.1) is 0 Å². The smallest absolute Gasteiger partial charge is 0.117 e. The molecular weight excluding hydrogens is 190 g/mol. The molecule has 1 aliphatic rings. The third-order valence-electron chi connectivity index (χ3n) is 3.29. The summed E-state index contributed by atoms with van der Waals surface area (Å²) < 4.78 is 0. The lowest BCUT2D eigenvalue weighted by atomic mass is 9.73. The van der Waals surface area contributed by atoms with Crippen LogP contribution in [-0.2, 0) is 0 Å². The maximum atomic E-state index is 10.0. The molecule has 1 aliphatic heterocycles. The average Bonchev–Trinajstić information content (AvgIpc) is 2.11. The minimum Gasteiger partial charge on any atom is -0.380 e. The van der Waals surface area contributed by atoms with Crippen molar-refractivity contribution in [3.63, 3.8) is 0 Å². The van der Waals surface area contributed by atoms with Crippen LogP contribution < -0.4 is 0 Å². The van der Waals surface area contributed by atoms with E-state index < -0.39 is 6.10 Å². The molecule has 1 unspecified atom stereocenters. The van der Waals surface area contributed by atoms with E-state index in [-0.39, 0.29) is 17.0 Å². The summed E-state index contributed by atoms with van der Waals surface area (Å²) in [6.07, 6.45) is 5.94. The fourth-order valence-corrected chi connectivity index (χ4v) is 2.71. The topological polar surface area (TPSA) is 43.7 Å². The minimum atomic E-state index is -0.711. The zero-order chi connectivity index (χ0) is 11.9. The molecule has 0 aromatic carbocycles. The van der Waals surface area contributed by atoms with E-state index in [2.05, 4.69) is 5.92 Å². The molecule has 86 valence electrons. The van der Waals surface area contributed by atoms with Gasteiger partial charge < -0.3 is 10.3 Å². The van der Waals surface area contributed by atoms with Gasteiger partial charge >= 0.3 is 0 Å². The maximum absolute atomic E-state index is 10.0. The number of aliphatic hydroxyl groups is 1. The third-order valence-corrected chi connectivity index (χ3v) is 3.29. The Bertz CT molecular complexity index is 260. The van der Waals surface area contributed by atoms with Crippen molar-refractivity contribution in [2.24, 2.45) is 5.92 Å². The number of hydrogen-bond acceptors (Lipinski definition) is 3.